The third kappa shape index (κ3) is 6.72. The number of halogens is 2. The van der Waals surface area contributed by atoms with Gasteiger partial charge < -0.3 is 34.5 Å². The van der Waals surface area contributed by atoms with Crippen LogP contribution in [0.1, 0.15) is 40.0 Å². The molecule has 5 rings (SSSR count). The lowest BCUT2D eigenvalue weighted by molar-refractivity contribution is -0.0542. The number of aliphatic hydroxyl groups excluding tert-OH is 2. The largest absolute Gasteiger partial charge is 0.479 e. The highest BCUT2D eigenvalue weighted by molar-refractivity contribution is 7.81. The second-order valence-electron chi connectivity index (χ2n) is 10.2. The molecule has 2 heterocycles. The van der Waals surface area contributed by atoms with Crippen LogP contribution < -0.4 is 5.69 Å². The van der Waals surface area contributed by atoms with E-state index in [0.29, 0.717) is 5.56 Å². The van der Waals surface area contributed by atoms with Gasteiger partial charge in [-0.15, -0.1) is 0 Å². The molecule has 46 heavy (non-hydrogen) atoms. The summed E-state index contributed by atoms with van der Waals surface area (Å²) in [5.41, 5.74) is 3.14. The molecule has 0 radical (unpaired) electrons. The average molecular weight is 757 g/mol. The third-order valence-corrected chi connectivity index (χ3v) is 15.3. The number of ether oxygens (including phenoxy) is 1. The van der Waals surface area contributed by atoms with E-state index in [1.165, 1.54) is 6.20 Å². The van der Waals surface area contributed by atoms with E-state index in [1.807, 2.05) is 60.7 Å². The average Bonchev–Trinajstić information content (AvgIpc) is 3.14. The Labute approximate surface area is 274 Å². The van der Waals surface area contributed by atoms with E-state index in [9.17, 15) is 38.5 Å². The molecule has 2 aromatic carbocycles. The molecule has 1 aliphatic carbocycles. The van der Waals surface area contributed by atoms with Gasteiger partial charge in [0.1, 0.15) is 23.0 Å². The van der Waals surface area contributed by atoms with Crippen molar-refractivity contribution in [3.8, 4) is 0 Å². The summed E-state index contributed by atoms with van der Waals surface area (Å²) in [5, 5.41) is 21.5. The molecule has 2 aliphatic rings. The number of phosphoric acid groups is 1. The van der Waals surface area contributed by atoms with Crippen molar-refractivity contribution in [1.82, 2.24) is 9.55 Å². The Balaban J connectivity index is 1.43. The highest BCUT2D eigenvalue weighted by Gasteiger charge is 2.62. The first kappa shape index (κ1) is 35.5. The molecule has 3 aromatic rings. The van der Waals surface area contributed by atoms with Crippen molar-refractivity contribution >= 4 is 70.6 Å². The number of hydrogen-bond donors (Lipinski definition) is 7. The van der Waals surface area contributed by atoms with Gasteiger partial charge in [0.25, 0.3) is 0 Å². The van der Waals surface area contributed by atoms with Crippen LogP contribution in [0.15, 0.2) is 59.5 Å². The summed E-state index contributed by atoms with van der Waals surface area (Å²) in [7, 11) is -17.4. The molecule has 1 saturated heterocycles. The summed E-state index contributed by atoms with van der Waals surface area (Å²) in [4.78, 5) is 53.7. The lowest BCUT2D eigenvalue weighted by atomic mass is 9.83. The summed E-state index contributed by atoms with van der Waals surface area (Å²) in [5.74, 6) is -0.490. The van der Waals surface area contributed by atoms with Gasteiger partial charge in [-0.1, -0.05) is 96.1 Å². The minimum Gasteiger partial charge on any atom is -0.387 e. The van der Waals surface area contributed by atoms with Crippen molar-refractivity contribution < 1.29 is 57.1 Å². The third-order valence-electron chi connectivity index (χ3n) is 7.28. The van der Waals surface area contributed by atoms with E-state index < -0.39 is 69.6 Å². The molecule has 0 spiro atoms. The second kappa shape index (κ2) is 12.9. The van der Waals surface area contributed by atoms with Gasteiger partial charge in [0, 0.05) is 17.7 Å². The number of H-pyrrole nitrogens is 1. The van der Waals surface area contributed by atoms with Crippen LogP contribution in [0.2, 0.25) is 0 Å². The van der Waals surface area contributed by atoms with Crippen LogP contribution in [-0.2, 0) is 27.3 Å². The molecule has 1 aliphatic heterocycles. The van der Waals surface area contributed by atoms with Crippen LogP contribution in [0, 0.1) is 4.64 Å². The van der Waals surface area contributed by atoms with Crippen LogP contribution in [0.4, 0.5) is 0 Å². The lowest BCUT2D eigenvalue weighted by Crippen LogP contribution is -2.36. The maximum Gasteiger partial charge on any atom is 0.479 e. The van der Waals surface area contributed by atoms with Gasteiger partial charge in [-0.25, -0.2) is 13.7 Å². The SMILES string of the molecule is O=c1[nH]c(=S)c(C2c3ccccc3C=Cc3ccccc32)cn1[C@@H]1O[C@H](COP(=O)(O)OP(=O)(O)C(Cl)(Cl)P(=O)(O)O)[C@@H](O)[C@H]1O. The van der Waals surface area contributed by atoms with Gasteiger partial charge in [0.05, 0.1) is 6.61 Å². The van der Waals surface area contributed by atoms with Gasteiger partial charge in [-0.3, -0.25) is 23.2 Å². The monoisotopic (exact) mass is 756 g/mol. The van der Waals surface area contributed by atoms with E-state index in [4.69, 9.17) is 49.9 Å². The van der Waals surface area contributed by atoms with Crippen LogP contribution in [0.3, 0.4) is 0 Å². The Hall–Kier alpha value is -1.81. The minimum atomic E-state index is -5.95. The van der Waals surface area contributed by atoms with Crippen LogP contribution in [0.25, 0.3) is 12.2 Å². The molecule has 0 bridgehead atoms. The Morgan fingerprint density at radius 2 is 1.46 bits per heavy atom. The van der Waals surface area contributed by atoms with Gasteiger partial charge >= 0.3 is 32.5 Å². The first-order valence-electron chi connectivity index (χ1n) is 13.0. The predicted octanol–water partition coefficient (Wildman–Crippen LogP) is 3.77. The fraction of sp³-hybridized carbons (Fsp3) is 0.280. The zero-order chi connectivity index (χ0) is 33.8. The molecule has 7 N–H and O–H groups in total. The van der Waals surface area contributed by atoms with E-state index in [1.54, 1.807) is 0 Å². The van der Waals surface area contributed by atoms with Crippen molar-refractivity contribution in [2.45, 2.75) is 34.3 Å². The quantitative estimate of drug-likeness (QED) is 0.0731. The minimum absolute atomic E-state index is 0.0995. The number of nitrogens with zero attached hydrogens (tertiary/aromatic N) is 1. The summed E-state index contributed by atoms with van der Waals surface area (Å²) < 4.78 is 47.5. The molecule has 248 valence electrons. The number of nitrogens with one attached hydrogen (secondary N) is 1. The summed E-state index contributed by atoms with van der Waals surface area (Å²) >= 11 is 16.1. The topological polar surface area (TPSA) is 238 Å². The van der Waals surface area contributed by atoms with E-state index in [-0.39, 0.29) is 4.64 Å². The molecule has 2 unspecified atom stereocenters. The molecule has 1 aromatic heterocycles. The number of phosphoric ester groups is 1. The van der Waals surface area contributed by atoms with Gasteiger partial charge in [-0.2, -0.15) is 0 Å². The van der Waals surface area contributed by atoms with Gasteiger partial charge in [-0.05, 0) is 22.3 Å². The maximum absolute atomic E-state index is 13.1. The summed E-state index contributed by atoms with van der Waals surface area (Å²) in [6.07, 6.45) is -1.60. The van der Waals surface area contributed by atoms with Crippen molar-refractivity contribution in [1.29, 1.82) is 0 Å². The molecule has 15 nitrogen and oxygen atoms in total. The van der Waals surface area contributed by atoms with E-state index >= 15 is 0 Å². The molecule has 0 saturated carbocycles. The number of benzene rings is 2. The summed E-state index contributed by atoms with van der Waals surface area (Å²) in [6.45, 7) is -1.09. The van der Waals surface area contributed by atoms with Crippen molar-refractivity contribution in [2.24, 2.45) is 0 Å². The van der Waals surface area contributed by atoms with Gasteiger partial charge in [0.15, 0.2) is 6.23 Å². The fourth-order valence-corrected chi connectivity index (χ4v) is 9.57. The number of hydrogen-bond acceptors (Lipinski definition) is 10. The highest BCUT2D eigenvalue weighted by Crippen LogP contribution is 2.79. The standard InChI is InChI=1S/C25H25Cl2N2O13P3S/c26-25(27,43(33,34)35)44(36,37)42-45(38,39)40-12-18-20(30)21(31)23(41-18)29-11-17(22(46)28-24(29)32)19-15-7-3-1-5-13(15)9-10-14-6-2-4-8-16(14)19/h1-11,18-21,23,30-31H,12H2,(H,36,37)(H,38,39)(H,28,32,46)(H2,33,34,35)/t18-,20-,21-,23-/m1/s1. The van der Waals surface area contributed by atoms with Crippen molar-refractivity contribution in [3.63, 3.8) is 0 Å². The second-order valence-corrected chi connectivity index (χ2v) is 18.7. The zero-order valence-corrected chi connectivity index (χ0v) is 28.0. The first-order chi connectivity index (χ1) is 21.3. The molecular formula is C25H25Cl2N2O13P3S. The predicted molar refractivity (Wildman–Crippen MR) is 168 cm³/mol. The van der Waals surface area contributed by atoms with Crippen LogP contribution >= 0.6 is 58.4 Å². The number of aromatic nitrogens is 2. The van der Waals surface area contributed by atoms with E-state index in [0.717, 1.165) is 26.8 Å². The lowest BCUT2D eigenvalue weighted by Gasteiger charge is -2.26. The van der Waals surface area contributed by atoms with Crippen molar-refractivity contribution in [2.75, 3.05) is 6.61 Å². The normalized spacial score (nSPS) is 24.4. The molecule has 0 amide bonds. The van der Waals surface area contributed by atoms with Gasteiger partial charge in [0.2, 0.25) is 0 Å². The van der Waals surface area contributed by atoms with E-state index in [2.05, 4.69) is 13.8 Å². The Bertz CT molecular complexity index is 1920. The number of rotatable bonds is 9. The van der Waals surface area contributed by atoms with Crippen LogP contribution in [0.5, 0.6) is 0 Å². The Morgan fingerprint density at radius 3 is 2.00 bits per heavy atom. The number of aliphatic hydroxyl groups is 2. The highest BCUT2D eigenvalue weighted by atomic mass is 35.5. The van der Waals surface area contributed by atoms with Crippen molar-refractivity contribution in [3.05, 3.63) is 97.7 Å². The molecule has 21 heteroatoms. The number of alkyl halides is 2. The van der Waals surface area contributed by atoms with Crippen LogP contribution in [-0.4, -0.2) is 68.1 Å². The molecule has 6 atom stereocenters. The number of fused-ring (bicyclic) bond motifs is 2. The maximum atomic E-state index is 13.1. The Kier molecular flexibility index (Phi) is 9.96. The summed E-state index contributed by atoms with van der Waals surface area (Å²) in [6, 6.07) is 15.1. The Morgan fingerprint density at radius 1 is 0.913 bits per heavy atom. The zero-order valence-electron chi connectivity index (χ0n) is 22.9. The molecule has 1 fully saturated rings. The smallest absolute Gasteiger partial charge is 0.387 e. The fourth-order valence-electron chi connectivity index (χ4n) is 5.07. The first-order valence-corrected chi connectivity index (χ1v) is 18.9. The number of aromatic amines is 1. The molecular weight excluding hydrogens is 732 g/mol.